The van der Waals surface area contributed by atoms with E-state index in [0.717, 1.165) is 22.0 Å². The maximum Gasteiger partial charge on any atom is 0.312 e. The van der Waals surface area contributed by atoms with Crippen LogP contribution in [-0.2, 0) is 11.8 Å². The maximum atomic E-state index is 13.4. The van der Waals surface area contributed by atoms with Crippen LogP contribution in [0.5, 0.6) is 28.7 Å². The Bertz CT molecular complexity index is 1650. The standard InChI is InChI=1S/C29H23NO7/c1-30-14-16(19-12-17(34-2)5-7-21(19)30)11-25-28(33)18-6-9-23-27(29(18)37-25)20(13-26(32)36-23)15-4-8-22(31)24(10-15)35-3/h4-12,14,20,31H,13H2,1-3H3/b25-11-/t20-/m1/s1. The average molecular weight is 498 g/mol. The number of fused-ring (bicyclic) bond motifs is 4. The third-order valence-electron chi connectivity index (χ3n) is 6.90. The van der Waals surface area contributed by atoms with E-state index in [1.807, 2.05) is 36.0 Å². The molecule has 2 aliphatic heterocycles. The Morgan fingerprint density at radius 3 is 2.65 bits per heavy atom. The summed E-state index contributed by atoms with van der Waals surface area (Å²) in [5.74, 6) is 0.787. The number of allylic oxidation sites excluding steroid dienone is 1. The van der Waals surface area contributed by atoms with Crippen LogP contribution >= 0.6 is 0 Å². The van der Waals surface area contributed by atoms with E-state index in [9.17, 15) is 14.7 Å². The van der Waals surface area contributed by atoms with E-state index in [-0.39, 0.29) is 29.5 Å². The first-order valence-electron chi connectivity index (χ1n) is 11.7. The number of hydrogen-bond donors (Lipinski definition) is 1. The number of phenols is 1. The largest absolute Gasteiger partial charge is 0.504 e. The molecule has 1 N–H and O–H groups in total. The summed E-state index contributed by atoms with van der Waals surface area (Å²) in [5, 5.41) is 11.0. The summed E-state index contributed by atoms with van der Waals surface area (Å²) in [6.45, 7) is 0. The topological polar surface area (TPSA) is 96.2 Å². The number of carbonyl (C=O) groups is 2. The second kappa shape index (κ2) is 8.44. The number of esters is 1. The van der Waals surface area contributed by atoms with E-state index < -0.39 is 11.9 Å². The van der Waals surface area contributed by atoms with Gasteiger partial charge in [-0.25, -0.2) is 0 Å². The van der Waals surface area contributed by atoms with Crippen LogP contribution in [0.25, 0.3) is 17.0 Å². The second-order valence-electron chi connectivity index (χ2n) is 9.03. The highest BCUT2D eigenvalue weighted by molar-refractivity contribution is 6.15. The number of nitrogens with zero attached hydrogens (tertiary/aromatic N) is 1. The maximum absolute atomic E-state index is 13.4. The summed E-state index contributed by atoms with van der Waals surface area (Å²) < 4.78 is 24.3. The lowest BCUT2D eigenvalue weighted by atomic mass is 9.84. The molecule has 186 valence electrons. The third-order valence-corrected chi connectivity index (χ3v) is 6.90. The molecule has 0 unspecified atom stereocenters. The monoisotopic (exact) mass is 497 g/mol. The van der Waals surface area contributed by atoms with Crippen LogP contribution in [0, 0.1) is 0 Å². The fourth-order valence-electron chi connectivity index (χ4n) is 5.09. The van der Waals surface area contributed by atoms with Gasteiger partial charge in [-0.05, 0) is 54.1 Å². The Labute approximate surface area is 212 Å². The minimum Gasteiger partial charge on any atom is -0.504 e. The summed E-state index contributed by atoms with van der Waals surface area (Å²) in [7, 11) is 5.00. The first-order chi connectivity index (χ1) is 17.9. The first-order valence-corrected chi connectivity index (χ1v) is 11.7. The Morgan fingerprint density at radius 2 is 1.86 bits per heavy atom. The van der Waals surface area contributed by atoms with Crippen LogP contribution in [0.2, 0.25) is 0 Å². The van der Waals surface area contributed by atoms with E-state index in [0.29, 0.717) is 28.4 Å². The quantitative estimate of drug-likeness (QED) is 0.242. The number of ketones is 1. The molecule has 0 bridgehead atoms. The minimum absolute atomic E-state index is 0.00786. The van der Waals surface area contributed by atoms with Gasteiger partial charge >= 0.3 is 5.97 Å². The number of hydrogen-bond acceptors (Lipinski definition) is 7. The van der Waals surface area contributed by atoms with E-state index in [4.69, 9.17) is 18.9 Å². The molecule has 0 saturated heterocycles. The average Bonchev–Trinajstić information content (AvgIpc) is 3.39. The molecule has 0 saturated carbocycles. The molecule has 0 aliphatic carbocycles. The molecule has 6 rings (SSSR count). The summed E-state index contributed by atoms with van der Waals surface area (Å²) >= 11 is 0. The molecular formula is C29H23NO7. The molecule has 2 aliphatic rings. The Kier molecular flexibility index (Phi) is 5.19. The van der Waals surface area contributed by atoms with Crippen LogP contribution in [0.1, 0.15) is 39.4 Å². The highest BCUT2D eigenvalue weighted by atomic mass is 16.5. The number of benzene rings is 3. The molecule has 8 heteroatoms. The van der Waals surface area contributed by atoms with E-state index in [2.05, 4.69) is 0 Å². The van der Waals surface area contributed by atoms with Crippen molar-refractivity contribution in [3.63, 3.8) is 0 Å². The lowest BCUT2D eigenvalue weighted by Crippen LogP contribution is -2.21. The minimum atomic E-state index is -0.449. The Balaban J connectivity index is 1.46. The number of rotatable bonds is 4. The van der Waals surface area contributed by atoms with Crippen molar-refractivity contribution in [3.8, 4) is 28.7 Å². The van der Waals surface area contributed by atoms with E-state index in [1.54, 1.807) is 37.5 Å². The Morgan fingerprint density at radius 1 is 1.03 bits per heavy atom. The lowest BCUT2D eigenvalue weighted by Gasteiger charge is -2.26. The molecule has 0 amide bonds. The van der Waals surface area contributed by atoms with Crippen molar-refractivity contribution in [3.05, 3.63) is 82.7 Å². The predicted molar refractivity (Wildman–Crippen MR) is 136 cm³/mol. The molecule has 3 heterocycles. The molecule has 37 heavy (non-hydrogen) atoms. The fourth-order valence-corrected chi connectivity index (χ4v) is 5.09. The predicted octanol–water partition coefficient (Wildman–Crippen LogP) is 4.96. The molecule has 0 fully saturated rings. The van der Waals surface area contributed by atoms with Crippen molar-refractivity contribution < 1.29 is 33.6 Å². The third kappa shape index (κ3) is 3.60. The van der Waals surface area contributed by atoms with Crippen LogP contribution in [0.4, 0.5) is 0 Å². The summed E-state index contributed by atoms with van der Waals surface area (Å²) in [5.41, 5.74) is 3.54. The van der Waals surface area contributed by atoms with Gasteiger partial charge in [0.2, 0.25) is 5.78 Å². The van der Waals surface area contributed by atoms with Crippen molar-refractivity contribution in [2.75, 3.05) is 14.2 Å². The molecule has 4 aromatic rings. The summed E-state index contributed by atoms with van der Waals surface area (Å²) in [6, 6.07) is 13.9. The van der Waals surface area contributed by atoms with Gasteiger partial charge in [0, 0.05) is 41.2 Å². The zero-order chi connectivity index (χ0) is 25.8. The van der Waals surface area contributed by atoms with Crippen molar-refractivity contribution in [2.24, 2.45) is 7.05 Å². The highest BCUT2D eigenvalue weighted by Gasteiger charge is 2.38. The molecule has 8 nitrogen and oxygen atoms in total. The van der Waals surface area contributed by atoms with E-state index >= 15 is 0 Å². The van der Waals surface area contributed by atoms with Crippen LogP contribution in [-0.4, -0.2) is 35.6 Å². The Hall–Kier alpha value is -4.72. The van der Waals surface area contributed by atoms with Gasteiger partial charge in [-0.1, -0.05) is 6.07 Å². The number of ether oxygens (including phenoxy) is 4. The fraction of sp³-hybridized carbons (Fsp3) is 0.172. The zero-order valence-electron chi connectivity index (χ0n) is 20.4. The highest BCUT2D eigenvalue weighted by Crippen LogP contribution is 2.49. The van der Waals surface area contributed by atoms with Gasteiger partial charge < -0.3 is 28.6 Å². The van der Waals surface area contributed by atoms with Crippen molar-refractivity contribution in [2.45, 2.75) is 12.3 Å². The smallest absolute Gasteiger partial charge is 0.312 e. The van der Waals surface area contributed by atoms with Crippen LogP contribution in [0.3, 0.4) is 0 Å². The molecule has 1 aromatic heterocycles. The molecule has 1 atom stereocenters. The lowest BCUT2D eigenvalue weighted by molar-refractivity contribution is -0.135. The molecule has 0 radical (unpaired) electrons. The van der Waals surface area contributed by atoms with Crippen molar-refractivity contribution in [1.82, 2.24) is 4.57 Å². The normalized spacial score (nSPS) is 17.4. The van der Waals surface area contributed by atoms with Gasteiger partial charge in [0.1, 0.15) is 17.2 Å². The molecular weight excluding hydrogens is 474 g/mol. The van der Waals surface area contributed by atoms with Crippen molar-refractivity contribution >= 4 is 28.7 Å². The van der Waals surface area contributed by atoms with Gasteiger partial charge in [0.05, 0.1) is 26.2 Å². The van der Waals surface area contributed by atoms with Crippen LogP contribution < -0.4 is 18.9 Å². The molecule has 0 spiro atoms. The summed E-state index contributed by atoms with van der Waals surface area (Å²) in [4.78, 5) is 25.9. The number of aromatic hydroxyl groups is 1. The second-order valence-corrected chi connectivity index (χ2v) is 9.03. The first kappa shape index (κ1) is 22.7. The van der Waals surface area contributed by atoms with Gasteiger partial charge in [-0.15, -0.1) is 0 Å². The van der Waals surface area contributed by atoms with Gasteiger partial charge in [0.25, 0.3) is 0 Å². The SMILES string of the molecule is COc1ccc2c(c1)c(/C=C1\Oc3c(ccc4c3[C@@H](c3ccc(O)c(OC)c3)CC(=O)O4)C1=O)cn2C. The number of aryl methyl sites for hydroxylation is 1. The number of carbonyl (C=O) groups excluding carboxylic acids is 2. The van der Waals surface area contributed by atoms with Gasteiger partial charge in [0.15, 0.2) is 17.3 Å². The number of Topliss-reactive ketones (excluding diaryl/α,β-unsaturated/α-hetero) is 1. The van der Waals surface area contributed by atoms with Crippen molar-refractivity contribution in [1.29, 1.82) is 0 Å². The van der Waals surface area contributed by atoms with Gasteiger partial charge in [-0.3, -0.25) is 9.59 Å². The molecule has 3 aromatic carbocycles. The van der Waals surface area contributed by atoms with E-state index in [1.165, 1.54) is 13.2 Å². The number of aromatic nitrogens is 1. The number of phenolic OH excluding ortho intramolecular Hbond substituents is 1. The zero-order valence-corrected chi connectivity index (χ0v) is 20.4. The number of methoxy groups -OCH3 is 2. The van der Waals surface area contributed by atoms with Gasteiger partial charge in [-0.2, -0.15) is 0 Å². The summed E-state index contributed by atoms with van der Waals surface area (Å²) in [6.07, 6.45) is 3.71. The van der Waals surface area contributed by atoms with Crippen LogP contribution in [0.15, 0.2) is 60.5 Å².